The van der Waals surface area contributed by atoms with E-state index in [-0.39, 0.29) is 44.7 Å². The summed E-state index contributed by atoms with van der Waals surface area (Å²) in [6.07, 6.45) is -4.26. The van der Waals surface area contributed by atoms with Gasteiger partial charge in [0.1, 0.15) is 5.02 Å². The molecule has 1 fully saturated rings. The number of rotatable bonds is 5. The minimum Gasteiger partial charge on any atom is -0.357 e. The van der Waals surface area contributed by atoms with Crippen LogP contribution in [0.25, 0.3) is 0 Å². The van der Waals surface area contributed by atoms with Crippen molar-refractivity contribution in [2.75, 3.05) is 44.2 Å². The molecule has 15 heteroatoms. The summed E-state index contributed by atoms with van der Waals surface area (Å²) in [6.45, 7) is 1.70. The second-order valence-electron chi connectivity index (χ2n) is 8.16. The number of alkyl halides is 3. The maximum Gasteiger partial charge on any atom is 0.418 e. The molecule has 0 aliphatic carbocycles. The van der Waals surface area contributed by atoms with E-state index in [1.807, 2.05) is 16.3 Å². The van der Waals surface area contributed by atoms with Gasteiger partial charge in [-0.25, -0.2) is 0 Å². The zero-order chi connectivity index (χ0) is 25.5. The Bertz CT molecular complexity index is 1180. The summed E-state index contributed by atoms with van der Waals surface area (Å²) in [7, 11) is 0. The predicted octanol–water partition coefficient (Wildman–Crippen LogP) is 3.94. The number of piperazine rings is 1. The lowest BCUT2D eigenvalue weighted by atomic mass is 10.1. The molecule has 0 atom stereocenters. The monoisotopic (exact) mass is 533 g/mol. The van der Waals surface area contributed by atoms with Crippen molar-refractivity contribution >= 4 is 45.9 Å². The van der Waals surface area contributed by atoms with Gasteiger partial charge in [-0.1, -0.05) is 11.6 Å². The fourth-order valence-electron chi connectivity index (χ4n) is 4.36. The molecule has 2 aliphatic rings. The molecule has 188 valence electrons. The number of anilines is 1. The fraction of sp³-hybridized carbons (Fsp3) is 0.450. The van der Waals surface area contributed by atoms with Crippen LogP contribution in [0.3, 0.4) is 0 Å². The molecule has 2 aliphatic heterocycles. The molecule has 4 rings (SSSR count). The van der Waals surface area contributed by atoms with Gasteiger partial charge in [0.15, 0.2) is 5.69 Å². The molecule has 0 radical (unpaired) electrons. The van der Waals surface area contributed by atoms with Crippen LogP contribution in [-0.2, 0) is 23.9 Å². The van der Waals surface area contributed by atoms with Gasteiger partial charge in [0.25, 0.3) is 5.69 Å². The molecule has 1 aromatic heterocycles. The van der Waals surface area contributed by atoms with Crippen molar-refractivity contribution in [1.82, 2.24) is 9.80 Å². The number of nitro benzene ring substituents is 2. The van der Waals surface area contributed by atoms with Gasteiger partial charge in [-0.2, -0.15) is 13.2 Å². The third-order valence-electron chi connectivity index (χ3n) is 6.07. The Morgan fingerprint density at radius 3 is 2.40 bits per heavy atom. The number of thiophene rings is 1. The van der Waals surface area contributed by atoms with Gasteiger partial charge in [0.05, 0.1) is 22.0 Å². The second-order valence-corrected chi connectivity index (χ2v) is 9.54. The SMILES string of the molecule is O=C(CN1CCc2sccc2C1)N1CCN(c2c([N+](=O)[O-])cc(C(F)(F)F)c(Cl)c2[N+](=O)[O-])CC1. The van der Waals surface area contributed by atoms with Crippen LogP contribution >= 0.6 is 22.9 Å². The van der Waals surface area contributed by atoms with Crippen LogP contribution in [0.1, 0.15) is 16.0 Å². The Balaban J connectivity index is 1.52. The van der Waals surface area contributed by atoms with Crippen LogP contribution in [0.15, 0.2) is 17.5 Å². The minimum absolute atomic E-state index is 0.0379. The quantitative estimate of drug-likeness (QED) is 0.422. The number of nitrogens with zero attached hydrogens (tertiary/aromatic N) is 5. The highest BCUT2D eigenvalue weighted by Crippen LogP contribution is 2.49. The molecular weight excluding hydrogens is 515 g/mol. The van der Waals surface area contributed by atoms with Gasteiger partial charge in [0, 0.05) is 50.2 Å². The fourth-order valence-corrected chi connectivity index (χ4v) is 5.57. The highest BCUT2D eigenvalue weighted by molar-refractivity contribution is 7.10. The lowest BCUT2D eigenvalue weighted by Gasteiger charge is -2.37. The van der Waals surface area contributed by atoms with Gasteiger partial charge >= 0.3 is 11.9 Å². The number of hydrogen-bond donors (Lipinski definition) is 0. The highest BCUT2D eigenvalue weighted by Gasteiger charge is 2.44. The van der Waals surface area contributed by atoms with E-state index < -0.39 is 43.7 Å². The van der Waals surface area contributed by atoms with Crippen LogP contribution < -0.4 is 4.90 Å². The number of amides is 1. The standard InChI is InChI=1S/C20H19ClF3N5O5S/c21-17-13(20(22,23)24)9-14(28(31)32)18(19(17)29(33)34)27-6-4-26(5-7-27)16(30)11-25-3-1-15-12(10-25)2-8-35-15/h2,8-9H,1,3-7,10-11H2. The topological polar surface area (TPSA) is 113 Å². The van der Waals surface area contributed by atoms with E-state index in [9.17, 15) is 38.2 Å². The first-order valence-electron chi connectivity index (χ1n) is 10.5. The van der Waals surface area contributed by atoms with E-state index in [1.165, 1.54) is 15.3 Å². The lowest BCUT2D eigenvalue weighted by molar-refractivity contribution is -0.393. The maximum absolute atomic E-state index is 13.3. The summed E-state index contributed by atoms with van der Waals surface area (Å²) in [6, 6.07) is 2.25. The Morgan fingerprint density at radius 2 is 1.80 bits per heavy atom. The molecule has 1 saturated heterocycles. The Kier molecular flexibility index (Phi) is 6.88. The van der Waals surface area contributed by atoms with E-state index >= 15 is 0 Å². The number of nitro groups is 2. The van der Waals surface area contributed by atoms with Gasteiger partial charge in [-0.05, 0) is 23.4 Å². The summed E-state index contributed by atoms with van der Waals surface area (Å²) < 4.78 is 39.9. The Morgan fingerprint density at radius 1 is 1.11 bits per heavy atom. The van der Waals surface area contributed by atoms with E-state index in [2.05, 4.69) is 0 Å². The molecule has 3 heterocycles. The number of hydrogen-bond acceptors (Lipinski definition) is 8. The average Bonchev–Trinajstić information content (AvgIpc) is 3.25. The van der Waals surface area contributed by atoms with E-state index in [0.29, 0.717) is 6.54 Å². The van der Waals surface area contributed by atoms with Crippen LogP contribution in [0.4, 0.5) is 30.2 Å². The van der Waals surface area contributed by atoms with Crippen molar-refractivity contribution in [2.24, 2.45) is 0 Å². The molecule has 2 aromatic rings. The molecule has 0 unspecified atom stereocenters. The third kappa shape index (κ3) is 5.04. The normalized spacial score (nSPS) is 16.8. The average molecular weight is 534 g/mol. The van der Waals surface area contributed by atoms with E-state index in [4.69, 9.17) is 11.6 Å². The maximum atomic E-state index is 13.3. The number of halogens is 4. The van der Waals surface area contributed by atoms with Gasteiger partial charge < -0.3 is 9.80 Å². The van der Waals surface area contributed by atoms with Crippen LogP contribution in [-0.4, -0.2) is 64.8 Å². The number of benzene rings is 1. The molecule has 0 bridgehead atoms. The third-order valence-corrected chi connectivity index (χ3v) is 7.48. The summed E-state index contributed by atoms with van der Waals surface area (Å²) in [5.74, 6) is -0.155. The molecule has 1 amide bonds. The second kappa shape index (κ2) is 9.59. The van der Waals surface area contributed by atoms with Crippen molar-refractivity contribution in [3.63, 3.8) is 0 Å². The molecule has 10 nitrogen and oxygen atoms in total. The molecule has 1 aromatic carbocycles. The highest BCUT2D eigenvalue weighted by atomic mass is 35.5. The first kappa shape index (κ1) is 25.1. The van der Waals surface area contributed by atoms with E-state index in [0.717, 1.165) is 13.0 Å². The molecular formula is C20H19ClF3N5O5S. The van der Waals surface area contributed by atoms with Gasteiger partial charge in [-0.3, -0.25) is 29.9 Å². The molecule has 0 saturated carbocycles. The van der Waals surface area contributed by atoms with Crippen LogP contribution in [0.2, 0.25) is 5.02 Å². The van der Waals surface area contributed by atoms with Crippen LogP contribution in [0.5, 0.6) is 0 Å². The number of carbonyl (C=O) groups is 1. The summed E-state index contributed by atoms with van der Waals surface area (Å²) >= 11 is 7.41. The summed E-state index contributed by atoms with van der Waals surface area (Å²) in [5.41, 5.74) is -3.28. The Labute approximate surface area is 205 Å². The predicted molar refractivity (Wildman–Crippen MR) is 122 cm³/mol. The van der Waals surface area contributed by atoms with Crippen molar-refractivity contribution < 1.29 is 27.8 Å². The van der Waals surface area contributed by atoms with E-state index in [1.54, 1.807) is 16.2 Å². The van der Waals surface area contributed by atoms with Gasteiger partial charge in [-0.15, -0.1) is 11.3 Å². The zero-order valence-corrected chi connectivity index (χ0v) is 19.7. The zero-order valence-electron chi connectivity index (χ0n) is 18.1. The van der Waals surface area contributed by atoms with Crippen molar-refractivity contribution in [1.29, 1.82) is 0 Å². The first-order valence-corrected chi connectivity index (χ1v) is 11.8. The molecule has 0 N–H and O–H groups in total. The Hall–Kier alpha value is -2.97. The number of fused-ring (bicyclic) bond motifs is 1. The summed E-state index contributed by atoms with van der Waals surface area (Å²) in [4.78, 5) is 39.9. The molecule has 35 heavy (non-hydrogen) atoms. The van der Waals surface area contributed by atoms with Crippen molar-refractivity contribution in [2.45, 2.75) is 19.1 Å². The largest absolute Gasteiger partial charge is 0.418 e. The van der Waals surface area contributed by atoms with Crippen molar-refractivity contribution in [3.05, 3.63) is 58.8 Å². The summed E-state index contributed by atoms with van der Waals surface area (Å²) in [5, 5.41) is 24.0. The smallest absolute Gasteiger partial charge is 0.357 e. The first-order chi connectivity index (χ1) is 16.5. The minimum atomic E-state index is -5.12. The number of carbonyl (C=O) groups excluding carboxylic acids is 1. The van der Waals surface area contributed by atoms with Crippen molar-refractivity contribution in [3.8, 4) is 0 Å². The van der Waals surface area contributed by atoms with Gasteiger partial charge in [0.2, 0.25) is 5.91 Å². The molecule has 0 spiro atoms. The van der Waals surface area contributed by atoms with Crippen LogP contribution in [0, 0.1) is 20.2 Å². The lowest BCUT2D eigenvalue weighted by Crippen LogP contribution is -2.51.